The van der Waals surface area contributed by atoms with E-state index in [1.807, 2.05) is 0 Å². The summed E-state index contributed by atoms with van der Waals surface area (Å²) in [5.41, 5.74) is 0. The molecule has 2 heterocycles. The van der Waals surface area contributed by atoms with Crippen LogP contribution in [0.15, 0.2) is 11.3 Å². The minimum absolute atomic E-state index is 0. The average molecular weight is 521 g/mol. The minimum atomic E-state index is 0. The number of aliphatic imine (C=N–C) groups is 1. The molecule has 7 nitrogen and oxygen atoms in total. The van der Waals surface area contributed by atoms with E-state index in [1.165, 1.54) is 32.1 Å². The minimum Gasteiger partial charge on any atom is -0.381 e. The highest BCUT2D eigenvalue weighted by molar-refractivity contribution is 14.0. The molecule has 0 aromatic carbocycles. The van der Waals surface area contributed by atoms with E-state index in [9.17, 15) is 0 Å². The summed E-state index contributed by atoms with van der Waals surface area (Å²) in [7, 11) is 0. The van der Waals surface area contributed by atoms with E-state index < -0.39 is 0 Å². The molecule has 1 fully saturated rings. The molecule has 1 aliphatic heterocycles. The maximum absolute atomic E-state index is 5.47. The fourth-order valence-corrected chi connectivity index (χ4v) is 3.39. The van der Waals surface area contributed by atoms with Crippen LogP contribution < -0.4 is 10.6 Å². The number of unbranched alkanes of at least 4 members (excludes halogenated alkanes) is 3. The molecule has 1 aromatic rings. The van der Waals surface area contributed by atoms with Crippen molar-refractivity contribution in [3.63, 3.8) is 0 Å². The lowest BCUT2D eigenvalue weighted by Crippen LogP contribution is -2.40. The molecule has 1 unspecified atom stereocenters. The van der Waals surface area contributed by atoms with Crippen molar-refractivity contribution in [1.29, 1.82) is 0 Å². The van der Waals surface area contributed by atoms with Crippen molar-refractivity contribution in [2.45, 2.75) is 72.3 Å². The van der Waals surface area contributed by atoms with Crippen LogP contribution in [0.2, 0.25) is 0 Å². The molecule has 1 atom stereocenters. The first-order valence-corrected chi connectivity index (χ1v) is 11.2. The number of nitrogens with zero attached hydrogens (tertiary/aromatic N) is 4. The van der Waals surface area contributed by atoms with Gasteiger partial charge >= 0.3 is 0 Å². The number of hydrogen-bond acceptors (Lipinski definition) is 4. The van der Waals surface area contributed by atoms with Crippen molar-refractivity contribution in [2.75, 3.05) is 32.8 Å². The summed E-state index contributed by atoms with van der Waals surface area (Å²) < 4.78 is 7.57. The van der Waals surface area contributed by atoms with Crippen LogP contribution in [0.4, 0.5) is 0 Å². The van der Waals surface area contributed by atoms with Crippen LogP contribution in [0, 0.1) is 11.8 Å². The first-order chi connectivity index (χ1) is 13.7. The van der Waals surface area contributed by atoms with Crippen LogP contribution in [0.5, 0.6) is 0 Å². The maximum atomic E-state index is 5.47. The Balaban J connectivity index is 0.00000420. The number of rotatable bonds is 13. The van der Waals surface area contributed by atoms with Crippen LogP contribution in [0.3, 0.4) is 0 Å². The van der Waals surface area contributed by atoms with Gasteiger partial charge in [-0.2, -0.15) is 0 Å². The van der Waals surface area contributed by atoms with E-state index in [1.54, 1.807) is 6.33 Å². The summed E-state index contributed by atoms with van der Waals surface area (Å²) in [6.45, 7) is 11.9. The molecule has 0 saturated carbocycles. The number of aromatic nitrogens is 3. The van der Waals surface area contributed by atoms with Gasteiger partial charge in [0.05, 0.1) is 6.61 Å². The standard InChI is InChI=1S/C21H40N6O.HI/c1-4-20-26-25-17-27(20)13-12-23-21(24-15-19-10-14-28-16-19)22-11-8-6-5-7-9-18(2)3;/h17-19H,4-16H2,1-3H3,(H2,22,23,24);1H. The average Bonchev–Trinajstić information content (AvgIpc) is 3.36. The Morgan fingerprint density at radius 2 is 2.03 bits per heavy atom. The van der Waals surface area contributed by atoms with Gasteiger partial charge in [0.15, 0.2) is 5.96 Å². The van der Waals surface area contributed by atoms with Gasteiger partial charge in [-0.15, -0.1) is 34.2 Å². The Labute approximate surface area is 193 Å². The van der Waals surface area contributed by atoms with E-state index in [0.29, 0.717) is 5.92 Å². The highest BCUT2D eigenvalue weighted by atomic mass is 127. The van der Waals surface area contributed by atoms with Crippen LogP contribution in [-0.2, 0) is 17.7 Å². The molecule has 0 amide bonds. The monoisotopic (exact) mass is 520 g/mol. The summed E-state index contributed by atoms with van der Waals surface area (Å²) in [6, 6.07) is 0. The second-order valence-electron chi connectivity index (χ2n) is 8.16. The first-order valence-electron chi connectivity index (χ1n) is 11.2. The number of hydrogen-bond donors (Lipinski definition) is 2. The summed E-state index contributed by atoms with van der Waals surface area (Å²) >= 11 is 0. The van der Waals surface area contributed by atoms with Gasteiger partial charge < -0.3 is 19.9 Å². The molecule has 8 heteroatoms. The molecule has 0 bridgehead atoms. The predicted molar refractivity (Wildman–Crippen MR) is 130 cm³/mol. The Kier molecular flexibility index (Phi) is 14.3. The van der Waals surface area contributed by atoms with Gasteiger partial charge in [0.1, 0.15) is 12.2 Å². The van der Waals surface area contributed by atoms with Gasteiger partial charge in [-0.1, -0.05) is 46.5 Å². The third-order valence-corrected chi connectivity index (χ3v) is 5.19. The Bertz CT molecular complexity index is 557. The van der Waals surface area contributed by atoms with E-state index in [-0.39, 0.29) is 24.0 Å². The Morgan fingerprint density at radius 1 is 1.24 bits per heavy atom. The highest BCUT2D eigenvalue weighted by Gasteiger charge is 2.15. The summed E-state index contributed by atoms with van der Waals surface area (Å²) in [6.07, 6.45) is 10.3. The lowest BCUT2D eigenvalue weighted by atomic mass is 10.0. The van der Waals surface area contributed by atoms with Crippen LogP contribution in [-0.4, -0.2) is 53.6 Å². The Morgan fingerprint density at radius 3 is 2.76 bits per heavy atom. The van der Waals surface area contributed by atoms with Gasteiger partial charge in [0.2, 0.25) is 0 Å². The van der Waals surface area contributed by atoms with Crippen molar-refractivity contribution in [3.05, 3.63) is 12.2 Å². The number of ether oxygens (including phenoxy) is 1. The van der Waals surface area contributed by atoms with Gasteiger partial charge in [-0.3, -0.25) is 4.99 Å². The molecule has 2 N–H and O–H groups in total. The number of aryl methyl sites for hydroxylation is 1. The molecule has 0 radical (unpaired) electrons. The molecule has 2 rings (SSSR count). The van der Waals surface area contributed by atoms with Gasteiger partial charge in [-0.25, -0.2) is 0 Å². The zero-order chi connectivity index (χ0) is 20.0. The number of nitrogens with one attached hydrogen (secondary N) is 2. The fourth-order valence-electron chi connectivity index (χ4n) is 3.39. The summed E-state index contributed by atoms with van der Waals surface area (Å²) in [5.74, 6) is 3.32. The van der Waals surface area contributed by atoms with E-state index in [4.69, 9.17) is 9.73 Å². The van der Waals surface area contributed by atoms with Crippen LogP contribution in [0.1, 0.15) is 65.1 Å². The molecule has 1 saturated heterocycles. The molecule has 1 aliphatic rings. The maximum Gasteiger partial charge on any atom is 0.191 e. The van der Waals surface area contributed by atoms with Crippen LogP contribution >= 0.6 is 24.0 Å². The van der Waals surface area contributed by atoms with Crippen molar-refractivity contribution in [1.82, 2.24) is 25.4 Å². The SMILES string of the molecule is CCc1nncn1CCNC(=NCC1CCOC1)NCCCCCCC(C)C.I. The normalized spacial score (nSPS) is 16.8. The molecular weight excluding hydrogens is 479 g/mol. The number of halogens is 1. The smallest absolute Gasteiger partial charge is 0.191 e. The Hall–Kier alpha value is -0.900. The van der Waals surface area contributed by atoms with Crippen molar-refractivity contribution in [3.8, 4) is 0 Å². The highest BCUT2D eigenvalue weighted by Crippen LogP contribution is 2.12. The van der Waals surface area contributed by atoms with Crippen LogP contribution in [0.25, 0.3) is 0 Å². The summed E-state index contributed by atoms with van der Waals surface area (Å²) in [5, 5.41) is 15.1. The summed E-state index contributed by atoms with van der Waals surface area (Å²) in [4.78, 5) is 4.80. The molecule has 1 aromatic heterocycles. The lowest BCUT2D eigenvalue weighted by molar-refractivity contribution is 0.187. The second-order valence-corrected chi connectivity index (χ2v) is 8.16. The van der Waals surface area contributed by atoms with Crippen molar-refractivity contribution in [2.24, 2.45) is 16.8 Å². The third kappa shape index (κ3) is 11.2. The molecule has 0 aliphatic carbocycles. The predicted octanol–water partition coefficient (Wildman–Crippen LogP) is 3.64. The van der Waals surface area contributed by atoms with Crippen molar-refractivity contribution < 1.29 is 4.74 Å². The van der Waals surface area contributed by atoms with E-state index in [0.717, 1.165) is 69.9 Å². The molecule has 0 spiro atoms. The fraction of sp³-hybridized carbons (Fsp3) is 0.857. The third-order valence-electron chi connectivity index (χ3n) is 5.19. The largest absolute Gasteiger partial charge is 0.381 e. The first kappa shape index (κ1) is 26.1. The zero-order valence-electron chi connectivity index (χ0n) is 18.5. The molecule has 168 valence electrons. The van der Waals surface area contributed by atoms with Gasteiger partial charge in [-0.05, 0) is 18.8 Å². The second kappa shape index (κ2) is 15.9. The molecule has 29 heavy (non-hydrogen) atoms. The number of guanidine groups is 1. The quantitative estimate of drug-likeness (QED) is 0.180. The lowest BCUT2D eigenvalue weighted by Gasteiger charge is -2.14. The zero-order valence-corrected chi connectivity index (χ0v) is 20.9. The molecular formula is C21H41IN6O. The van der Waals surface area contributed by atoms with Crippen molar-refractivity contribution >= 4 is 29.9 Å². The van der Waals surface area contributed by atoms with Gasteiger partial charge in [0.25, 0.3) is 0 Å². The van der Waals surface area contributed by atoms with Gasteiger partial charge in [0, 0.05) is 45.1 Å². The van der Waals surface area contributed by atoms with E-state index in [2.05, 4.69) is 46.2 Å². The topological polar surface area (TPSA) is 76.4 Å². The van der Waals surface area contributed by atoms with E-state index >= 15 is 0 Å².